The van der Waals surface area contributed by atoms with Crippen LogP contribution >= 0.6 is 11.8 Å². The van der Waals surface area contributed by atoms with Crippen molar-refractivity contribution in [2.24, 2.45) is 5.92 Å². The van der Waals surface area contributed by atoms with Crippen LogP contribution in [0.4, 0.5) is 5.69 Å². The van der Waals surface area contributed by atoms with Crippen molar-refractivity contribution >= 4 is 29.3 Å². The fraction of sp³-hybridized carbons (Fsp3) is 0.417. The minimum Gasteiger partial charge on any atom is -0.355 e. The van der Waals surface area contributed by atoms with Crippen molar-refractivity contribution in [3.05, 3.63) is 59.7 Å². The molecule has 4 nitrogen and oxygen atoms in total. The number of carbonyl (C=O) groups excluding carboxylic acids is 2. The summed E-state index contributed by atoms with van der Waals surface area (Å²) in [5.74, 6) is 0.912. The Morgan fingerprint density at radius 3 is 2.45 bits per heavy atom. The molecule has 1 fully saturated rings. The van der Waals surface area contributed by atoms with Crippen molar-refractivity contribution in [3.63, 3.8) is 0 Å². The van der Waals surface area contributed by atoms with Crippen LogP contribution in [0.1, 0.15) is 48.0 Å². The minimum absolute atomic E-state index is 0.0368. The Hall–Kier alpha value is -2.27. The first-order valence-electron chi connectivity index (χ1n) is 10.4. The van der Waals surface area contributed by atoms with E-state index in [4.69, 9.17) is 0 Å². The van der Waals surface area contributed by atoms with Crippen molar-refractivity contribution < 1.29 is 9.59 Å². The van der Waals surface area contributed by atoms with Crippen molar-refractivity contribution in [3.8, 4) is 0 Å². The zero-order valence-electron chi connectivity index (χ0n) is 17.3. The van der Waals surface area contributed by atoms with Crippen LogP contribution in [-0.4, -0.2) is 31.2 Å². The van der Waals surface area contributed by atoms with Gasteiger partial charge in [-0.05, 0) is 49.9 Å². The number of nitrogens with zero attached hydrogens (tertiary/aromatic N) is 1. The Morgan fingerprint density at radius 2 is 1.72 bits per heavy atom. The van der Waals surface area contributed by atoms with Crippen LogP contribution < -0.4 is 10.2 Å². The summed E-state index contributed by atoms with van der Waals surface area (Å²) in [7, 11) is 1.78. The first-order chi connectivity index (χ1) is 14.0. The molecule has 29 heavy (non-hydrogen) atoms. The average Bonchev–Trinajstić information content (AvgIpc) is 2.76. The van der Waals surface area contributed by atoms with Crippen LogP contribution in [0.2, 0.25) is 0 Å². The van der Waals surface area contributed by atoms with E-state index in [9.17, 15) is 9.59 Å². The fourth-order valence-electron chi connectivity index (χ4n) is 3.68. The fourth-order valence-corrected chi connectivity index (χ4v) is 4.55. The highest BCUT2D eigenvalue weighted by Gasteiger charge is 2.18. The lowest BCUT2D eigenvalue weighted by atomic mass is 9.89. The molecule has 1 saturated carbocycles. The minimum atomic E-state index is -0.0698. The Kier molecular flexibility index (Phi) is 7.76. The summed E-state index contributed by atoms with van der Waals surface area (Å²) in [5, 5.41) is 3.07. The van der Waals surface area contributed by atoms with Gasteiger partial charge in [-0.3, -0.25) is 9.59 Å². The number of thioether (sulfide) groups is 1. The van der Waals surface area contributed by atoms with E-state index in [2.05, 4.69) is 5.32 Å². The van der Waals surface area contributed by atoms with E-state index >= 15 is 0 Å². The highest BCUT2D eigenvalue weighted by atomic mass is 32.2. The third kappa shape index (κ3) is 6.10. The largest absolute Gasteiger partial charge is 0.355 e. The molecule has 154 valence electrons. The number of anilines is 1. The number of rotatable bonds is 7. The number of benzene rings is 2. The van der Waals surface area contributed by atoms with Crippen LogP contribution in [0.5, 0.6) is 0 Å². The highest BCUT2D eigenvalue weighted by Crippen LogP contribution is 2.26. The first-order valence-corrected chi connectivity index (χ1v) is 11.4. The van der Waals surface area contributed by atoms with Gasteiger partial charge in [0.1, 0.15) is 0 Å². The maximum absolute atomic E-state index is 13.0. The zero-order valence-corrected chi connectivity index (χ0v) is 18.1. The predicted octanol–water partition coefficient (Wildman–Crippen LogP) is 5.06. The molecule has 0 unspecified atom stereocenters. The van der Waals surface area contributed by atoms with Gasteiger partial charge in [0.2, 0.25) is 5.91 Å². The molecule has 0 bridgehead atoms. The van der Waals surface area contributed by atoms with E-state index in [1.54, 1.807) is 11.9 Å². The highest BCUT2D eigenvalue weighted by molar-refractivity contribution is 8.00. The summed E-state index contributed by atoms with van der Waals surface area (Å²) in [4.78, 5) is 27.8. The van der Waals surface area contributed by atoms with Gasteiger partial charge in [-0.1, -0.05) is 49.1 Å². The average molecular weight is 411 g/mol. The summed E-state index contributed by atoms with van der Waals surface area (Å²) < 4.78 is 0. The number of carbonyl (C=O) groups is 2. The van der Waals surface area contributed by atoms with Crippen LogP contribution in [0.3, 0.4) is 0 Å². The molecule has 0 spiro atoms. The van der Waals surface area contributed by atoms with Crippen molar-refractivity contribution in [2.45, 2.75) is 43.9 Å². The SMILES string of the molecule is Cc1ccc(N(C)C(=O)c2ccccc2SCC(=O)NCC2CCCCC2)cc1. The van der Waals surface area contributed by atoms with Gasteiger partial charge < -0.3 is 10.2 Å². The molecule has 5 heteroatoms. The van der Waals surface area contributed by atoms with Crippen LogP contribution in [0.15, 0.2) is 53.4 Å². The monoisotopic (exact) mass is 410 g/mol. The molecular weight excluding hydrogens is 380 g/mol. The second kappa shape index (κ2) is 10.5. The van der Waals surface area contributed by atoms with Gasteiger partial charge in [0.25, 0.3) is 5.91 Å². The van der Waals surface area contributed by atoms with Crippen LogP contribution in [0.25, 0.3) is 0 Å². The number of nitrogens with one attached hydrogen (secondary N) is 1. The second-order valence-corrected chi connectivity index (χ2v) is 8.81. The lowest BCUT2D eigenvalue weighted by Crippen LogP contribution is -2.31. The Morgan fingerprint density at radius 1 is 1.03 bits per heavy atom. The van der Waals surface area contributed by atoms with Gasteiger partial charge in [0, 0.05) is 24.2 Å². The lowest BCUT2D eigenvalue weighted by Gasteiger charge is -2.21. The summed E-state index contributed by atoms with van der Waals surface area (Å²) in [6.45, 7) is 2.80. The molecular formula is C24H30N2O2S. The van der Waals surface area contributed by atoms with Gasteiger partial charge in [-0.2, -0.15) is 0 Å². The van der Waals surface area contributed by atoms with E-state index in [0.29, 0.717) is 17.2 Å². The molecule has 0 aliphatic heterocycles. The maximum atomic E-state index is 13.0. The molecule has 2 aromatic carbocycles. The molecule has 3 rings (SSSR count). The molecule has 2 amide bonds. The van der Waals surface area contributed by atoms with Gasteiger partial charge in [-0.25, -0.2) is 0 Å². The molecule has 1 N–H and O–H groups in total. The van der Waals surface area contributed by atoms with E-state index < -0.39 is 0 Å². The van der Waals surface area contributed by atoms with Gasteiger partial charge in [0.15, 0.2) is 0 Å². The summed E-state index contributed by atoms with van der Waals surface area (Å²) in [5.41, 5.74) is 2.64. The van der Waals surface area contributed by atoms with Crippen molar-refractivity contribution in [1.82, 2.24) is 5.32 Å². The van der Waals surface area contributed by atoms with E-state index in [1.807, 2.05) is 55.5 Å². The Balaban J connectivity index is 1.58. The standard InChI is InChI=1S/C24H30N2O2S/c1-18-12-14-20(15-13-18)26(2)24(28)21-10-6-7-11-22(21)29-17-23(27)25-16-19-8-4-3-5-9-19/h6-7,10-15,19H,3-5,8-9,16-17H2,1-2H3,(H,25,27). The number of amides is 2. The van der Waals surface area contributed by atoms with Crippen molar-refractivity contribution in [2.75, 3.05) is 24.2 Å². The van der Waals surface area contributed by atoms with Crippen molar-refractivity contribution in [1.29, 1.82) is 0 Å². The van der Waals surface area contributed by atoms with Gasteiger partial charge in [0.05, 0.1) is 11.3 Å². The molecule has 0 aromatic heterocycles. The van der Waals surface area contributed by atoms with Gasteiger partial charge in [-0.15, -0.1) is 11.8 Å². The second-order valence-electron chi connectivity index (χ2n) is 7.79. The van der Waals surface area contributed by atoms with Crippen LogP contribution in [-0.2, 0) is 4.79 Å². The predicted molar refractivity (Wildman–Crippen MR) is 121 cm³/mol. The molecule has 1 aliphatic carbocycles. The summed E-state index contributed by atoms with van der Waals surface area (Å²) in [6.07, 6.45) is 6.31. The molecule has 0 atom stereocenters. The Bertz CT molecular complexity index is 829. The molecule has 0 saturated heterocycles. The number of aryl methyl sites for hydroxylation is 1. The summed E-state index contributed by atoms with van der Waals surface area (Å²) in [6, 6.07) is 15.4. The Labute approximate surface area is 178 Å². The third-order valence-corrected chi connectivity index (χ3v) is 6.59. The summed E-state index contributed by atoms with van der Waals surface area (Å²) >= 11 is 1.43. The normalized spacial score (nSPS) is 14.4. The lowest BCUT2D eigenvalue weighted by molar-refractivity contribution is -0.118. The van der Waals surface area contributed by atoms with Crippen LogP contribution in [0, 0.1) is 12.8 Å². The first kappa shape index (κ1) is 21.4. The smallest absolute Gasteiger partial charge is 0.259 e. The topological polar surface area (TPSA) is 49.4 Å². The van der Waals surface area contributed by atoms with E-state index in [1.165, 1.54) is 43.9 Å². The number of hydrogen-bond donors (Lipinski definition) is 1. The molecule has 2 aromatic rings. The van der Waals surface area contributed by atoms with E-state index in [-0.39, 0.29) is 11.8 Å². The van der Waals surface area contributed by atoms with Gasteiger partial charge >= 0.3 is 0 Å². The van der Waals surface area contributed by atoms with E-state index in [0.717, 1.165) is 22.7 Å². The quantitative estimate of drug-likeness (QED) is 0.649. The zero-order chi connectivity index (χ0) is 20.6. The molecule has 0 heterocycles. The maximum Gasteiger partial charge on any atom is 0.259 e. The molecule has 1 aliphatic rings. The number of hydrogen-bond acceptors (Lipinski definition) is 3. The molecule has 0 radical (unpaired) electrons. The third-order valence-electron chi connectivity index (χ3n) is 5.51.